The molecule has 0 bridgehead atoms. The lowest BCUT2D eigenvalue weighted by Gasteiger charge is -2.10. The van der Waals surface area contributed by atoms with Gasteiger partial charge in [0.1, 0.15) is 6.16 Å². The van der Waals surface area contributed by atoms with E-state index in [1.165, 1.54) is 41.5 Å². The van der Waals surface area contributed by atoms with E-state index in [4.69, 9.17) is 0 Å². The van der Waals surface area contributed by atoms with Crippen LogP contribution in [0.5, 0.6) is 0 Å². The number of aromatic amines is 1. The number of H-pyrrole nitrogens is 1. The molecule has 1 aromatic carbocycles. The summed E-state index contributed by atoms with van der Waals surface area (Å²) in [6.07, 6.45) is 8.63. The number of fused-ring (bicyclic) bond motifs is 1. The Bertz CT molecular complexity index is 573. The minimum Gasteiger partial charge on any atom is -0.361 e. The van der Waals surface area contributed by atoms with E-state index < -0.39 is 0 Å². The highest BCUT2D eigenvalue weighted by Gasteiger charge is 2.24. The molecule has 1 aliphatic heterocycles. The standard InChI is InChI=1S/C15H19N2P/c1-17-7-6-11(9-17)13-8-16-14-5-3-4-12(10-18-2)15(13)14/h3-5,8,11,16H,2,6-7,9-10H2,1H3/p+1. The third-order valence-corrected chi connectivity index (χ3v) is 4.60. The van der Waals surface area contributed by atoms with Crippen molar-refractivity contribution in [2.45, 2.75) is 18.5 Å². The molecule has 1 N–H and O–H groups in total. The highest BCUT2D eigenvalue weighted by Crippen LogP contribution is 2.34. The quantitative estimate of drug-likeness (QED) is 0.839. The summed E-state index contributed by atoms with van der Waals surface area (Å²) in [5.41, 5.74) is 4.27. The normalized spacial score (nSPS) is 21.1. The van der Waals surface area contributed by atoms with Crippen LogP contribution in [0.3, 0.4) is 0 Å². The van der Waals surface area contributed by atoms with Crippen LogP contribution < -0.4 is 0 Å². The van der Waals surface area contributed by atoms with E-state index in [1.54, 1.807) is 0 Å². The number of aromatic nitrogens is 1. The summed E-state index contributed by atoms with van der Waals surface area (Å²) < 4.78 is 0. The number of hydrogen-bond acceptors (Lipinski definition) is 1. The first kappa shape index (κ1) is 12.0. The second-order valence-electron chi connectivity index (χ2n) is 5.26. The lowest BCUT2D eigenvalue weighted by molar-refractivity contribution is 0.412. The van der Waals surface area contributed by atoms with Crippen LogP contribution in [0.25, 0.3) is 10.9 Å². The fraction of sp³-hybridized carbons (Fsp3) is 0.400. The number of hydrogen-bond donors (Lipinski definition) is 1. The molecule has 0 aliphatic carbocycles. The van der Waals surface area contributed by atoms with Gasteiger partial charge in [0.25, 0.3) is 0 Å². The van der Waals surface area contributed by atoms with E-state index in [1.807, 2.05) is 0 Å². The van der Waals surface area contributed by atoms with Crippen molar-refractivity contribution < 1.29 is 0 Å². The Morgan fingerprint density at radius 2 is 2.39 bits per heavy atom. The number of nitrogens with one attached hydrogen (secondary N) is 1. The van der Waals surface area contributed by atoms with Gasteiger partial charge in [-0.25, -0.2) is 0 Å². The Morgan fingerprint density at radius 1 is 1.50 bits per heavy atom. The van der Waals surface area contributed by atoms with Gasteiger partial charge in [0.15, 0.2) is 0 Å². The molecule has 1 fully saturated rings. The number of benzene rings is 1. The first-order chi connectivity index (χ1) is 8.79. The molecule has 2 unspecified atom stereocenters. The molecule has 0 saturated carbocycles. The molecular formula is C15H20N2P+. The van der Waals surface area contributed by atoms with Crippen LogP contribution in [0, 0.1) is 0 Å². The van der Waals surface area contributed by atoms with Crippen LogP contribution in [0.15, 0.2) is 24.4 Å². The molecule has 0 radical (unpaired) electrons. The van der Waals surface area contributed by atoms with Crippen LogP contribution in [-0.4, -0.2) is 36.3 Å². The Balaban J connectivity index is 2.09. The maximum Gasteiger partial charge on any atom is 0.129 e. The predicted octanol–water partition coefficient (Wildman–Crippen LogP) is 3.20. The van der Waals surface area contributed by atoms with Crippen LogP contribution in [0.1, 0.15) is 23.5 Å². The maximum absolute atomic E-state index is 4.02. The highest BCUT2D eigenvalue weighted by molar-refractivity contribution is 7.35. The van der Waals surface area contributed by atoms with Gasteiger partial charge in [-0.3, -0.25) is 0 Å². The van der Waals surface area contributed by atoms with Gasteiger partial charge in [-0.2, -0.15) is 0 Å². The fourth-order valence-corrected chi connectivity index (χ4v) is 3.65. The average molecular weight is 259 g/mol. The Labute approximate surface area is 110 Å². The lowest BCUT2D eigenvalue weighted by Crippen LogP contribution is -2.13. The van der Waals surface area contributed by atoms with Crippen LogP contribution in [0.4, 0.5) is 0 Å². The number of nitrogens with zero attached hydrogens (tertiary/aromatic N) is 1. The van der Waals surface area contributed by atoms with Gasteiger partial charge in [-0.15, -0.1) is 0 Å². The largest absolute Gasteiger partial charge is 0.361 e. The minimum absolute atomic E-state index is 0.693. The minimum atomic E-state index is 0.693. The zero-order valence-electron chi connectivity index (χ0n) is 10.9. The van der Waals surface area contributed by atoms with Crippen molar-refractivity contribution in [3.8, 4) is 0 Å². The monoisotopic (exact) mass is 259 g/mol. The molecule has 0 spiro atoms. The third-order valence-electron chi connectivity index (χ3n) is 3.97. The first-order valence-electron chi connectivity index (χ1n) is 6.57. The number of likely N-dealkylation sites (N-methyl/N-ethyl adjacent to an activating group) is 1. The van der Waals surface area contributed by atoms with E-state index in [-0.39, 0.29) is 0 Å². The summed E-state index contributed by atoms with van der Waals surface area (Å²) in [6.45, 7) is 2.41. The van der Waals surface area contributed by atoms with Crippen LogP contribution in [-0.2, 0) is 6.16 Å². The Morgan fingerprint density at radius 3 is 3.11 bits per heavy atom. The van der Waals surface area contributed by atoms with E-state index >= 15 is 0 Å². The van der Waals surface area contributed by atoms with Gasteiger partial charge in [0, 0.05) is 29.2 Å². The average Bonchev–Trinajstić information content (AvgIpc) is 2.96. The van der Waals surface area contributed by atoms with E-state index in [9.17, 15) is 0 Å². The van der Waals surface area contributed by atoms with Gasteiger partial charge in [0.05, 0.1) is 14.5 Å². The van der Waals surface area contributed by atoms with Gasteiger partial charge in [-0.05, 0) is 37.6 Å². The van der Waals surface area contributed by atoms with Gasteiger partial charge >= 0.3 is 0 Å². The Hall–Kier alpha value is -1.11. The second kappa shape index (κ2) is 4.87. The highest BCUT2D eigenvalue weighted by atomic mass is 31.1. The number of likely N-dealkylation sites (tertiary alicyclic amines) is 1. The fourth-order valence-electron chi connectivity index (χ4n) is 3.08. The van der Waals surface area contributed by atoms with E-state index in [2.05, 4.69) is 47.6 Å². The smallest absolute Gasteiger partial charge is 0.129 e. The second-order valence-corrected chi connectivity index (χ2v) is 6.11. The number of rotatable bonds is 3. The molecule has 2 atom stereocenters. The molecular weight excluding hydrogens is 239 g/mol. The van der Waals surface area contributed by atoms with Crippen molar-refractivity contribution in [3.63, 3.8) is 0 Å². The predicted molar refractivity (Wildman–Crippen MR) is 82.3 cm³/mol. The topological polar surface area (TPSA) is 19.0 Å². The zero-order chi connectivity index (χ0) is 12.5. The van der Waals surface area contributed by atoms with E-state index in [0.29, 0.717) is 5.92 Å². The molecule has 2 heterocycles. The zero-order valence-corrected chi connectivity index (χ0v) is 11.9. The van der Waals surface area contributed by atoms with Crippen molar-refractivity contribution in [2.24, 2.45) is 0 Å². The Kier molecular flexibility index (Phi) is 3.23. The summed E-state index contributed by atoms with van der Waals surface area (Å²) in [7, 11) is 2.95. The molecule has 2 nitrogen and oxygen atoms in total. The molecule has 1 aromatic heterocycles. The first-order valence-corrected chi connectivity index (χ1v) is 7.98. The van der Waals surface area contributed by atoms with Crippen molar-refractivity contribution in [1.29, 1.82) is 0 Å². The summed E-state index contributed by atoms with van der Waals surface area (Å²) in [4.78, 5) is 5.87. The molecule has 0 amide bonds. The van der Waals surface area contributed by atoms with Gasteiger partial charge in [-0.1, -0.05) is 12.1 Å². The van der Waals surface area contributed by atoms with Gasteiger partial charge in [0.2, 0.25) is 0 Å². The summed E-state index contributed by atoms with van der Waals surface area (Å²) in [6, 6.07) is 6.60. The molecule has 94 valence electrons. The summed E-state index contributed by atoms with van der Waals surface area (Å²) in [5, 5.41) is 1.47. The summed E-state index contributed by atoms with van der Waals surface area (Å²) >= 11 is 0. The van der Waals surface area contributed by atoms with Crippen molar-refractivity contribution in [2.75, 3.05) is 20.1 Å². The molecule has 1 aliphatic rings. The van der Waals surface area contributed by atoms with Crippen LogP contribution >= 0.6 is 8.20 Å². The van der Waals surface area contributed by atoms with Gasteiger partial charge < -0.3 is 9.88 Å². The summed E-state index contributed by atoms with van der Waals surface area (Å²) in [5.74, 6) is 0.693. The van der Waals surface area contributed by atoms with E-state index in [0.717, 1.165) is 14.4 Å². The van der Waals surface area contributed by atoms with Crippen molar-refractivity contribution >= 4 is 25.4 Å². The lowest BCUT2D eigenvalue weighted by atomic mass is 9.95. The molecule has 3 rings (SSSR count). The molecule has 2 aromatic rings. The third kappa shape index (κ3) is 2.00. The van der Waals surface area contributed by atoms with Crippen molar-refractivity contribution in [1.82, 2.24) is 9.88 Å². The molecule has 18 heavy (non-hydrogen) atoms. The molecule has 1 saturated heterocycles. The molecule has 3 heteroatoms. The van der Waals surface area contributed by atoms with Crippen LogP contribution in [0.2, 0.25) is 0 Å². The SMILES string of the molecule is C=[PH+]Cc1cccc2[nH]cc(C3CCN(C)C3)c12. The van der Waals surface area contributed by atoms with Crippen molar-refractivity contribution in [3.05, 3.63) is 35.5 Å². The maximum atomic E-state index is 4.02.